The number of hydrogen-bond acceptors (Lipinski definition) is 2. The predicted molar refractivity (Wildman–Crippen MR) is 77.7 cm³/mol. The normalized spacial score (nSPS) is 12.3. The maximum absolute atomic E-state index is 10.6. The van der Waals surface area contributed by atoms with Gasteiger partial charge in [0.2, 0.25) is 0 Å². The molecule has 0 aliphatic carbocycles. The summed E-state index contributed by atoms with van der Waals surface area (Å²) in [7, 11) is 1.65. The number of rotatable bonds is 3. The van der Waals surface area contributed by atoms with Crippen LogP contribution < -0.4 is 4.74 Å². The standard InChI is InChI=1S/C17H20O2/c1-11-6-5-7-16(13(11)3)17(18)15-9-8-14(19-4)10-12(15)2/h5-10,17-18H,1-4H3. The van der Waals surface area contributed by atoms with Crippen LogP contribution in [0.1, 0.15) is 33.9 Å². The summed E-state index contributed by atoms with van der Waals surface area (Å²) in [4.78, 5) is 0. The summed E-state index contributed by atoms with van der Waals surface area (Å²) in [5, 5.41) is 10.6. The molecule has 1 unspecified atom stereocenters. The van der Waals surface area contributed by atoms with Crippen molar-refractivity contribution in [2.24, 2.45) is 0 Å². The fraction of sp³-hybridized carbons (Fsp3) is 0.294. The molecule has 1 atom stereocenters. The van der Waals surface area contributed by atoms with Crippen molar-refractivity contribution < 1.29 is 9.84 Å². The molecule has 2 rings (SSSR count). The number of aryl methyl sites for hydroxylation is 2. The molecule has 0 fully saturated rings. The average Bonchev–Trinajstić information content (AvgIpc) is 2.41. The van der Waals surface area contributed by atoms with Crippen LogP contribution in [0.2, 0.25) is 0 Å². The molecule has 1 N–H and O–H groups in total. The van der Waals surface area contributed by atoms with Crippen molar-refractivity contribution >= 4 is 0 Å². The second kappa shape index (κ2) is 5.45. The fourth-order valence-corrected chi connectivity index (χ4v) is 2.32. The van der Waals surface area contributed by atoms with Crippen LogP contribution in [0.4, 0.5) is 0 Å². The number of aliphatic hydroxyl groups is 1. The Morgan fingerprint density at radius 2 is 1.68 bits per heavy atom. The van der Waals surface area contributed by atoms with Gasteiger partial charge in [-0.25, -0.2) is 0 Å². The Hall–Kier alpha value is -1.80. The molecule has 0 heterocycles. The molecule has 0 spiro atoms. The van der Waals surface area contributed by atoms with E-state index in [0.29, 0.717) is 0 Å². The highest BCUT2D eigenvalue weighted by molar-refractivity contribution is 5.43. The first kappa shape index (κ1) is 13.6. The zero-order valence-electron chi connectivity index (χ0n) is 11.9. The van der Waals surface area contributed by atoms with E-state index in [9.17, 15) is 5.11 Å². The van der Waals surface area contributed by atoms with Crippen molar-refractivity contribution in [2.45, 2.75) is 26.9 Å². The van der Waals surface area contributed by atoms with Gasteiger partial charge in [-0.3, -0.25) is 0 Å². The smallest absolute Gasteiger partial charge is 0.119 e. The van der Waals surface area contributed by atoms with Gasteiger partial charge in [0, 0.05) is 0 Å². The van der Waals surface area contributed by atoms with Gasteiger partial charge < -0.3 is 9.84 Å². The van der Waals surface area contributed by atoms with Gasteiger partial charge in [-0.2, -0.15) is 0 Å². The summed E-state index contributed by atoms with van der Waals surface area (Å²) in [6.45, 7) is 6.10. The molecule has 2 aromatic rings. The summed E-state index contributed by atoms with van der Waals surface area (Å²) >= 11 is 0. The Balaban J connectivity index is 2.44. The lowest BCUT2D eigenvalue weighted by atomic mass is 9.92. The van der Waals surface area contributed by atoms with Crippen LogP contribution in [0.25, 0.3) is 0 Å². The molecule has 2 nitrogen and oxygen atoms in total. The molecule has 0 aliphatic rings. The minimum atomic E-state index is -0.592. The zero-order valence-corrected chi connectivity index (χ0v) is 11.9. The highest BCUT2D eigenvalue weighted by Crippen LogP contribution is 2.30. The van der Waals surface area contributed by atoms with Crippen LogP contribution in [-0.4, -0.2) is 12.2 Å². The summed E-state index contributed by atoms with van der Waals surface area (Å²) in [6.07, 6.45) is -0.592. The van der Waals surface area contributed by atoms with Crippen molar-refractivity contribution in [3.05, 3.63) is 64.2 Å². The topological polar surface area (TPSA) is 29.5 Å². The Labute approximate surface area is 114 Å². The highest BCUT2D eigenvalue weighted by atomic mass is 16.5. The molecular formula is C17H20O2. The monoisotopic (exact) mass is 256 g/mol. The molecule has 2 heteroatoms. The third kappa shape index (κ3) is 2.64. The Bertz CT molecular complexity index is 588. The SMILES string of the molecule is COc1ccc(C(O)c2cccc(C)c2C)c(C)c1. The summed E-state index contributed by atoms with van der Waals surface area (Å²) in [5.74, 6) is 0.814. The van der Waals surface area contributed by atoms with Gasteiger partial charge in [0.25, 0.3) is 0 Å². The van der Waals surface area contributed by atoms with Gasteiger partial charge in [0.15, 0.2) is 0 Å². The van der Waals surface area contributed by atoms with Crippen LogP contribution in [-0.2, 0) is 0 Å². The number of ether oxygens (including phenoxy) is 1. The molecule has 0 aromatic heterocycles. The van der Waals surface area contributed by atoms with Crippen LogP contribution >= 0.6 is 0 Å². The van der Waals surface area contributed by atoms with E-state index in [1.54, 1.807) is 7.11 Å². The van der Waals surface area contributed by atoms with Crippen LogP contribution in [0.15, 0.2) is 36.4 Å². The largest absolute Gasteiger partial charge is 0.497 e. The molecule has 0 aliphatic heterocycles. The van der Waals surface area contributed by atoms with Crippen molar-refractivity contribution in [3.63, 3.8) is 0 Å². The van der Waals surface area contributed by atoms with Crippen LogP contribution in [0, 0.1) is 20.8 Å². The van der Waals surface area contributed by atoms with E-state index in [0.717, 1.165) is 28.0 Å². The minimum Gasteiger partial charge on any atom is -0.497 e. The van der Waals surface area contributed by atoms with Crippen molar-refractivity contribution in [1.29, 1.82) is 0 Å². The molecule has 100 valence electrons. The van der Waals surface area contributed by atoms with Gasteiger partial charge in [0.1, 0.15) is 11.9 Å². The lowest BCUT2D eigenvalue weighted by Gasteiger charge is -2.18. The first-order valence-electron chi connectivity index (χ1n) is 6.43. The van der Waals surface area contributed by atoms with Gasteiger partial charge in [0.05, 0.1) is 7.11 Å². The zero-order chi connectivity index (χ0) is 14.0. The third-order valence-corrected chi connectivity index (χ3v) is 3.71. The summed E-state index contributed by atoms with van der Waals surface area (Å²) in [6, 6.07) is 11.8. The maximum Gasteiger partial charge on any atom is 0.119 e. The molecular weight excluding hydrogens is 236 g/mol. The van der Waals surface area contributed by atoms with E-state index >= 15 is 0 Å². The third-order valence-electron chi connectivity index (χ3n) is 3.71. The van der Waals surface area contributed by atoms with Crippen LogP contribution in [0.5, 0.6) is 5.75 Å². The average molecular weight is 256 g/mol. The fourth-order valence-electron chi connectivity index (χ4n) is 2.32. The van der Waals surface area contributed by atoms with Crippen molar-refractivity contribution in [3.8, 4) is 5.75 Å². The molecule has 19 heavy (non-hydrogen) atoms. The first-order valence-corrected chi connectivity index (χ1v) is 6.43. The Morgan fingerprint density at radius 1 is 0.947 bits per heavy atom. The van der Waals surface area contributed by atoms with Gasteiger partial charge in [-0.15, -0.1) is 0 Å². The minimum absolute atomic E-state index is 0.592. The lowest BCUT2D eigenvalue weighted by molar-refractivity contribution is 0.218. The van der Waals surface area contributed by atoms with Gasteiger partial charge in [-0.1, -0.05) is 24.3 Å². The molecule has 0 amide bonds. The van der Waals surface area contributed by atoms with Gasteiger partial charge >= 0.3 is 0 Å². The first-order chi connectivity index (χ1) is 9.04. The number of methoxy groups -OCH3 is 1. The van der Waals surface area contributed by atoms with E-state index in [1.165, 1.54) is 5.56 Å². The number of aliphatic hydroxyl groups excluding tert-OH is 1. The Kier molecular flexibility index (Phi) is 3.91. The molecule has 2 aromatic carbocycles. The molecule has 0 saturated carbocycles. The summed E-state index contributed by atoms with van der Waals surface area (Å²) < 4.78 is 5.20. The van der Waals surface area contributed by atoms with E-state index in [-0.39, 0.29) is 0 Å². The molecule has 0 bridgehead atoms. The molecule has 0 radical (unpaired) electrons. The second-order valence-corrected chi connectivity index (χ2v) is 4.91. The second-order valence-electron chi connectivity index (χ2n) is 4.91. The lowest BCUT2D eigenvalue weighted by Crippen LogP contribution is -2.05. The van der Waals surface area contributed by atoms with E-state index in [2.05, 4.69) is 13.0 Å². The highest BCUT2D eigenvalue weighted by Gasteiger charge is 2.16. The molecule has 0 saturated heterocycles. The van der Waals surface area contributed by atoms with Crippen LogP contribution in [0.3, 0.4) is 0 Å². The Morgan fingerprint density at radius 3 is 2.32 bits per heavy atom. The predicted octanol–water partition coefficient (Wildman–Crippen LogP) is 3.70. The quantitative estimate of drug-likeness (QED) is 0.907. The summed E-state index contributed by atoms with van der Waals surface area (Å²) in [5.41, 5.74) is 5.27. The van der Waals surface area contributed by atoms with E-state index in [1.807, 2.05) is 44.2 Å². The maximum atomic E-state index is 10.6. The number of benzene rings is 2. The van der Waals surface area contributed by atoms with E-state index in [4.69, 9.17) is 4.74 Å². The van der Waals surface area contributed by atoms with Crippen molar-refractivity contribution in [2.75, 3.05) is 7.11 Å². The number of hydrogen-bond donors (Lipinski definition) is 1. The van der Waals surface area contributed by atoms with Gasteiger partial charge in [-0.05, 0) is 60.7 Å². The van der Waals surface area contributed by atoms with E-state index < -0.39 is 6.10 Å². The van der Waals surface area contributed by atoms with Crippen molar-refractivity contribution in [1.82, 2.24) is 0 Å².